The molecule has 0 aliphatic carbocycles. The first-order valence-electron chi connectivity index (χ1n) is 7.12. The minimum absolute atomic E-state index is 0.00778. The molecule has 1 heterocycles. The molecular formula is C16H24N4. The normalized spacial score (nSPS) is 13.7. The fraction of sp³-hybridized carbons (Fsp3) is 0.500. The molecule has 4 nitrogen and oxygen atoms in total. The summed E-state index contributed by atoms with van der Waals surface area (Å²) in [6.07, 6.45) is 2.33. The molecule has 108 valence electrons. The van der Waals surface area contributed by atoms with Crippen LogP contribution in [0.15, 0.2) is 36.7 Å². The summed E-state index contributed by atoms with van der Waals surface area (Å²) in [6, 6.07) is 10.7. The Morgan fingerprint density at radius 3 is 2.45 bits per heavy atom. The largest absolute Gasteiger partial charge is 0.327 e. The fourth-order valence-corrected chi connectivity index (χ4v) is 2.39. The summed E-state index contributed by atoms with van der Waals surface area (Å²) in [6.45, 7) is 8.57. The van der Waals surface area contributed by atoms with E-state index in [9.17, 15) is 0 Å². The Kier molecular flexibility index (Phi) is 4.23. The Morgan fingerprint density at radius 1 is 1.20 bits per heavy atom. The predicted molar refractivity (Wildman–Crippen MR) is 81.6 cm³/mol. The molecular weight excluding hydrogens is 248 g/mol. The standard InChI is InChI=1S/C16H24N4/c1-12(2)20-15(18-11-19-20)10-14(17)16(3,4)13-8-6-5-7-9-13/h5-9,11-12,14H,10,17H2,1-4H3. The Balaban J connectivity index is 2.19. The van der Waals surface area contributed by atoms with E-state index in [1.807, 2.05) is 10.7 Å². The Hall–Kier alpha value is -1.68. The van der Waals surface area contributed by atoms with E-state index in [0.29, 0.717) is 6.04 Å². The second-order valence-electron chi connectivity index (χ2n) is 6.11. The molecule has 1 atom stereocenters. The van der Waals surface area contributed by atoms with Crippen LogP contribution in [0.25, 0.3) is 0 Å². The fourth-order valence-electron chi connectivity index (χ4n) is 2.39. The van der Waals surface area contributed by atoms with Crippen LogP contribution in [-0.2, 0) is 11.8 Å². The van der Waals surface area contributed by atoms with Crippen molar-refractivity contribution in [3.8, 4) is 0 Å². The summed E-state index contributed by atoms with van der Waals surface area (Å²) >= 11 is 0. The summed E-state index contributed by atoms with van der Waals surface area (Å²) in [7, 11) is 0. The van der Waals surface area contributed by atoms with Gasteiger partial charge < -0.3 is 5.73 Å². The molecule has 20 heavy (non-hydrogen) atoms. The Labute approximate surface area is 121 Å². The number of hydrogen-bond donors (Lipinski definition) is 1. The molecule has 2 aromatic rings. The number of hydrogen-bond acceptors (Lipinski definition) is 3. The molecule has 0 saturated heterocycles. The van der Waals surface area contributed by atoms with E-state index >= 15 is 0 Å². The van der Waals surface area contributed by atoms with Gasteiger partial charge in [-0.1, -0.05) is 44.2 Å². The van der Waals surface area contributed by atoms with Gasteiger partial charge >= 0.3 is 0 Å². The van der Waals surface area contributed by atoms with Crippen LogP contribution in [0.3, 0.4) is 0 Å². The van der Waals surface area contributed by atoms with Crippen LogP contribution in [0, 0.1) is 0 Å². The molecule has 2 rings (SSSR count). The van der Waals surface area contributed by atoms with Gasteiger partial charge in [-0.3, -0.25) is 0 Å². The second kappa shape index (κ2) is 5.75. The highest BCUT2D eigenvalue weighted by atomic mass is 15.3. The third kappa shape index (κ3) is 2.90. The molecule has 1 unspecified atom stereocenters. The van der Waals surface area contributed by atoms with Crippen molar-refractivity contribution in [2.24, 2.45) is 5.73 Å². The van der Waals surface area contributed by atoms with Crippen LogP contribution in [0.2, 0.25) is 0 Å². The lowest BCUT2D eigenvalue weighted by atomic mass is 9.77. The summed E-state index contributed by atoms with van der Waals surface area (Å²) < 4.78 is 1.95. The smallest absolute Gasteiger partial charge is 0.138 e. The maximum Gasteiger partial charge on any atom is 0.138 e. The second-order valence-corrected chi connectivity index (χ2v) is 6.11. The summed E-state index contributed by atoms with van der Waals surface area (Å²) in [5.74, 6) is 0.955. The third-order valence-electron chi connectivity index (χ3n) is 3.98. The molecule has 1 aromatic heterocycles. The molecule has 4 heteroatoms. The Bertz CT molecular complexity index is 543. The van der Waals surface area contributed by atoms with Crippen molar-refractivity contribution in [1.29, 1.82) is 0 Å². The SMILES string of the molecule is CC(C)n1ncnc1CC(N)C(C)(C)c1ccccc1. The molecule has 0 aliphatic rings. The maximum absolute atomic E-state index is 6.46. The first-order chi connectivity index (χ1) is 9.43. The van der Waals surface area contributed by atoms with Crippen LogP contribution in [0.1, 0.15) is 45.1 Å². The zero-order valence-corrected chi connectivity index (χ0v) is 12.7. The molecule has 0 aliphatic heterocycles. The average molecular weight is 272 g/mol. The van der Waals surface area contributed by atoms with Crippen LogP contribution in [0.5, 0.6) is 0 Å². The van der Waals surface area contributed by atoms with E-state index in [-0.39, 0.29) is 11.5 Å². The van der Waals surface area contributed by atoms with Crippen molar-refractivity contribution >= 4 is 0 Å². The number of nitrogens with zero attached hydrogens (tertiary/aromatic N) is 3. The zero-order chi connectivity index (χ0) is 14.8. The van der Waals surface area contributed by atoms with Crippen molar-refractivity contribution in [3.63, 3.8) is 0 Å². The highest BCUT2D eigenvalue weighted by Crippen LogP contribution is 2.27. The first-order valence-corrected chi connectivity index (χ1v) is 7.12. The lowest BCUT2D eigenvalue weighted by molar-refractivity contribution is 0.387. The number of aromatic nitrogens is 3. The predicted octanol–water partition coefficient (Wildman–Crippen LogP) is 2.71. The molecule has 0 radical (unpaired) electrons. The van der Waals surface area contributed by atoms with Gasteiger partial charge in [0.1, 0.15) is 12.2 Å². The monoisotopic (exact) mass is 272 g/mol. The van der Waals surface area contributed by atoms with E-state index in [1.165, 1.54) is 5.56 Å². The van der Waals surface area contributed by atoms with Gasteiger partial charge in [0.2, 0.25) is 0 Å². The van der Waals surface area contributed by atoms with Crippen LogP contribution < -0.4 is 5.73 Å². The number of rotatable bonds is 5. The van der Waals surface area contributed by atoms with E-state index in [2.05, 4.69) is 62.0 Å². The molecule has 0 saturated carbocycles. The minimum atomic E-state index is -0.102. The zero-order valence-electron chi connectivity index (χ0n) is 12.7. The molecule has 0 fully saturated rings. The lowest BCUT2D eigenvalue weighted by Gasteiger charge is -2.32. The molecule has 0 spiro atoms. The van der Waals surface area contributed by atoms with Gasteiger partial charge in [0, 0.05) is 23.9 Å². The van der Waals surface area contributed by atoms with Gasteiger partial charge in [0.15, 0.2) is 0 Å². The van der Waals surface area contributed by atoms with Crippen molar-refractivity contribution in [2.45, 2.75) is 51.6 Å². The molecule has 0 bridgehead atoms. The summed E-state index contributed by atoms with van der Waals surface area (Å²) in [4.78, 5) is 4.36. The highest BCUT2D eigenvalue weighted by Gasteiger charge is 2.29. The van der Waals surface area contributed by atoms with Gasteiger partial charge in [-0.2, -0.15) is 5.10 Å². The van der Waals surface area contributed by atoms with Crippen LogP contribution >= 0.6 is 0 Å². The third-order valence-corrected chi connectivity index (χ3v) is 3.98. The van der Waals surface area contributed by atoms with E-state index in [4.69, 9.17) is 5.73 Å². The molecule has 2 N–H and O–H groups in total. The summed E-state index contributed by atoms with van der Waals surface area (Å²) in [5.41, 5.74) is 7.61. The van der Waals surface area contributed by atoms with Gasteiger partial charge in [-0.25, -0.2) is 9.67 Å². The average Bonchev–Trinajstić information content (AvgIpc) is 2.88. The van der Waals surface area contributed by atoms with Gasteiger partial charge in [0.25, 0.3) is 0 Å². The van der Waals surface area contributed by atoms with Gasteiger partial charge in [-0.05, 0) is 19.4 Å². The van der Waals surface area contributed by atoms with E-state index in [0.717, 1.165) is 12.2 Å². The molecule has 1 aromatic carbocycles. The highest BCUT2D eigenvalue weighted by molar-refractivity contribution is 5.26. The molecule has 0 amide bonds. The van der Waals surface area contributed by atoms with Gasteiger partial charge in [0.05, 0.1) is 0 Å². The Morgan fingerprint density at radius 2 is 1.85 bits per heavy atom. The quantitative estimate of drug-likeness (QED) is 0.910. The van der Waals surface area contributed by atoms with Gasteiger partial charge in [-0.15, -0.1) is 0 Å². The maximum atomic E-state index is 6.46. The van der Waals surface area contributed by atoms with Crippen molar-refractivity contribution < 1.29 is 0 Å². The first kappa shape index (κ1) is 14.7. The van der Waals surface area contributed by atoms with Crippen molar-refractivity contribution in [3.05, 3.63) is 48.0 Å². The lowest BCUT2D eigenvalue weighted by Crippen LogP contribution is -2.43. The van der Waals surface area contributed by atoms with E-state index < -0.39 is 0 Å². The topological polar surface area (TPSA) is 56.7 Å². The van der Waals surface area contributed by atoms with Crippen LogP contribution in [0.4, 0.5) is 0 Å². The van der Waals surface area contributed by atoms with Crippen molar-refractivity contribution in [1.82, 2.24) is 14.8 Å². The van der Waals surface area contributed by atoms with Crippen LogP contribution in [-0.4, -0.2) is 20.8 Å². The minimum Gasteiger partial charge on any atom is -0.327 e. The summed E-state index contributed by atoms with van der Waals surface area (Å²) in [5, 5.41) is 4.27. The van der Waals surface area contributed by atoms with Crippen molar-refractivity contribution in [2.75, 3.05) is 0 Å². The van der Waals surface area contributed by atoms with E-state index in [1.54, 1.807) is 6.33 Å². The number of nitrogens with two attached hydrogens (primary N) is 1. The number of benzene rings is 1.